The molecule has 0 amide bonds. The highest BCUT2D eigenvalue weighted by molar-refractivity contribution is 6.29. The molecule has 17 heavy (non-hydrogen) atoms. The molecule has 0 aromatic carbocycles. The molecule has 6 nitrogen and oxygen atoms in total. The van der Waals surface area contributed by atoms with Gasteiger partial charge in [0.1, 0.15) is 5.15 Å². The van der Waals surface area contributed by atoms with E-state index in [1.807, 2.05) is 6.92 Å². The molecule has 0 saturated heterocycles. The van der Waals surface area contributed by atoms with Crippen LogP contribution in [0.1, 0.15) is 13.3 Å². The van der Waals surface area contributed by atoms with Crippen LogP contribution in [0, 0.1) is 10.1 Å². The van der Waals surface area contributed by atoms with E-state index in [9.17, 15) is 10.1 Å². The van der Waals surface area contributed by atoms with Crippen LogP contribution in [-0.4, -0.2) is 29.7 Å². The average molecular weight is 260 g/mol. The van der Waals surface area contributed by atoms with E-state index in [1.165, 1.54) is 12.1 Å². The van der Waals surface area contributed by atoms with E-state index in [0.29, 0.717) is 6.61 Å². The summed E-state index contributed by atoms with van der Waals surface area (Å²) in [6.07, 6.45) is 0.763. The van der Waals surface area contributed by atoms with Crippen LogP contribution in [0.3, 0.4) is 0 Å². The molecule has 0 saturated carbocycles. The van der Waals surface area contributed by atoms with Gasteiger partial charge in [-0.05, 0) is 12.5 Å². The Hall–Kier alpha value is -1.40. The van der Waals surface area contributed by atoms with Gasteiger partial charge in [-0.3, -0.25) is 10.1 Å². The van der Waals surface area contributed by atoms with Crippen LogP contribution in [0.2, 0.25) is 5.15 Å². The number of nitro groups is 1. The Labute approximate surface area is 104 Å². The lowest BCUT2D eigenvalue weighted by Gasteiger charge is -2.16. The van der Waals surface area contributed by atoms with Crippen molar-refractivity contribution in [1.82, 2.24) is 4.98 Å². The first-order chi connectivity index (χ1) is 8.08. The first-order valence-electron chi connectivity index (χ1n) is 5.14. The molecule has 0 bridgehead atoms. The van der Waals surface area contributed by atoms with Gasteiger partial charge in [-0.15, -0.1) is 0 Å². The number of halogens is 1. The maximum absolute atomic E-state index is 10.8. The molecule has 1 rings (SSSR count). The van der Waals surface area contributed by atoms with E-state index in [0.717, 1.165) is 6.42 Å². The molecule has 1 aromatic rings. The second kappa shape index (κ2) is 6.36. The van der Waals surface area contributed by atoms with Crippen molar-refractivity contribution in [3.8, 4) is 0 Å². The van der Waals surface area contributed by atoms with Gasteiger partial charge >= 0.3 is 5.69 Å². The summed E-state index contributed by atoms with van der Waals surface area (Å²) in [6.45, 7) is 2.40. The van der Waals surface area contributed by atoms with Gasteiger partial charge in [0, 0.05) is 13.2 Å². The van der Waals surface area contributed by atoms with Crippen molar-refractivity contribution < 1.29 is 9.66 Å². The number of ether oxygens (including phenoxy) is 1. The van der Waals surface area contributed by atoms with E-state index >= 15 is 0 Å². The summed E-state index contributed by atoms with van der Waals surface area (Å²) in [6, 6.07) is 2.68. The van der Waals surface area contributed by atoms with Gasteiger partial charge in [-0.1, -0.05) is 18.5 Å². The summed E-state index contributed by atoms with van der Waals surface area (Å²) < 4.78 is 5.00. The van der Waals surface area contributed by atoms with Gasteiger partial charge in [0.2, 0.25) is 5.82 Å². The second-order valence-corrected chi connectivity index (χ2v) is 3.85. The third kappa shape index (κ3) is 3.83. The van der Waals surface area contributed by atoms with Crippen LogP contribution in [0.4, 0.5) is 11.5 Å². The quantitative estimate of drug-likeness (QED) is 0.482. The van der Waals surface area contributed by atoms with Crippen LogP contribution in [0.25, 0.3) is 0 Å². The van der Waals surface area contributed by atoms with Crippen molar-refractivity contribution in [3.63, 3.8) is 0 Å². The first kappa shape index (κ1) is 13.7. The van der Waals surface area contributed by atoms with Crippen molar-refractivity contribution in [2.24, 2.45) is 0 Å². The molecule has 0 unspecified atom stereocenters. The number of hydrogen-bond donors (Lipinski definition) is 1. The van der Waals surface area contributed by atoms with Crippen molar-refractivity contribution in [2.45, 2.75) is 19.4 Å². The third-order valence-corrected chi connectivity index (χ3v) is 2.45. The number of pyridine rings is 1. The summed E-state index contributed by atoms with van der Waals surface area (Å²) in [7, 11) is 1.57. The minimum absolute atomic E-state index is 0.0373. The van der Waals surface area contributed by atoms with Crippen LogP contribution in [-0.2, 0) is 4.74 Å². The van der Waals surface area contributed by atoms with Crippen LogP contribution >= 0.6 is 11.6 Å². The lowest BCUT2D eigenvalue weighted by molar-refractivity contribution is -0.384. The molecular formula is C10H14ClN3O3. The fourth-order valence-corrected chi connectivity index (χ4v) is 1.49. The molecule has 0 aliphatic carbocycles. The van der Waals surface area contributed by atoms with Gasteiger partial charge < -0.3 is 10.1 Å². The topological polar surface area (TPSA) is 77.3 Å². The summed E-state index contributed by atoms with van der Waals surface area (Å²) in [5.74, 6) is 0.173. The molecule has 1 aromatic heterocycles. The van der Waals surface area contributed by atoms with Crippen molar-refractivity contribution in [2.75, 3.05) is 19.0 Å². The maximum atomic E-state index is 10.8. The molecule has 0 fully saturated rings. The first-order valence-corrected chi connectivity index (χ1v) is 5.52. The minimum Gasteiger partial charge on any atom is -0.383 e. The van der Waals surface area contributed by atoms with Crippen LogP contribution in [0.15, 0.2) is 12.1 Å². The SMILES string of the molecule is CC[C@H](COC)Nc1nc(Cl)ccc1[N+](=O)[O-]. The Kier molecular flexibility index (Phi) is 5.11. The minimum atomic E-state index is -0.495. The summed E-state index contributed by atoms with van der Waals surface area (Å²) in [5.41, 5.74) is -0.0936. The standard InChI is InChI=1S/C10H14ClN3O3/c1-3-7(6-17-2)12-10-8(14(15)16)4-5-9(11)13-10/h4-5,7H,3,6H2,1-2H3,(H,12,13)/t7-/m1/s1. The molecule has 94 valence electrons. The predicted molar refractivity (Wildman–Crippen MR) is 65.5 cm³/mol. The molecule has 0 aliphatic heterocycles. The van der Waals surface area contributed by atoms with Gasteiger partial charge in [0.15, 0.2) is 0 Å². The van der Waals surface area contributed by atoms with Gasteiger partial charge in [-0.25, -0.2) is 4.98 Å². The summed E-state index contributed by atoms with van der Waals surface area (Å²) in [4.78, 5) is 14.2. The smallest absolute Gasteiger partial charge is 0.311 e. The maximum Gasteiger partial charge on any atom is 0.311 e. The van der Waals surface area contributed by atoms with E-state index in [-0.39, 0.29) is 22.7 Å². The molecule has 1 atom stereocenters. The lowest BCUT2D eigenvalue weighted by Crippen LogP contribution is -2.25. The number of rotatable bonds is 6. The molecule has 1 heterocycles. The Morgan fingerprint density at radius 3 is 2.88 bits per heavy atom. The van der Waals surface area contributed by atoms with E-state index in [2.05, 4.69) is 10.3 Å². The fraction of sp³-hybridized carbons (Fsp3) is 0.500. The Bertz CT molecular complexity index is 400. The van der Waals surface area contributed by atoms with Crippen LogP contribution < -0.4 is 5.32 Å². The number of methoxy groups -OCH3 is 1. The Balaban J connectivity index is 2.94. The molecule has 7 heteroatoms. The highest BCUT2D eigenvalue weighted by Gasteiger charge is 2.18. The molecule has 0 radical (unpaired) electrons. The summed E-state index contributed by atoms with van der Waals surface area (Å²) in [5, 5.41) is 14.0. The zero-order valence-electron chi connectivity index (χ0n) is 9.64. The molecule has 0 spiro atoms. The second-order valence-electron chi connectivity index (χ2n) is 3.46. The predicted octanol–water partition coefficient (Wildman–Crippen LogP) is 2.48. The van der Waals surface area contributed by atoms with E-state index < -0.39 is 4.92 Å². The van der Waals surface area contributed by atoms with Crippen molar-refractivity contribution in [3.05, 3.63) is 27.4 Å². The van der Waals surface area contributed by atoms with Crippen molar-refractivity contribution >= 4 is 23.1 Å². The summed E-state index contributed by atoms with van der Waals surface area (Å²) >= 11 is 5.72. The largest absolute Gasteiger partial charge is 0.383 e. The van der Waals surface area contributed by atoms with Gasteiger partial charge in [-0.2, -0.15) is 0 Å². The Morgan fingerprint density at radius 2 is 2.35 bits per heavy atom. The Morgan fingerprint density at radius 1 is 1.65 bits per heavy atom. The number of anilines is 1. The van der Waals surface area contributed by atoms with Crippen LogP contribution in [0.5, 0.6) is 0 Å². The van der Waals surface area contributed by atoms with Gasteiger partial charge in [0.05, 0.1) is 17.6 Å². The third-order valence-electron chi connectivity index (χ3n) is 2.24. The molecule has 1 N–H and O–H groups in total. The fourth-order valence-electron chi connectivity index (χ4n) is 1.34. The molecular weight excluding hydrogens is 246 g/mol. The zero-order chi connectivity index (χ0) is 12.8. The van der Waals surface area contributed by atoms with Crippen molar-refractivity contribution in [1.29, 1.82) is 0 Å². The number of hydrogen-bond acceptors (Lipinski definition) is 5. The molecule has 0 aliphatic rings. The number of aromatic nitrogens is 1. The lowest BCUT2D eigenvalue weighted by atomic mass is 10.2. The highest BCUT2D eigenvalue weighted by Crippen LogP contribution is 2.24. The van der Waals surface area contributed by atoms with E-state index in [4.69, 9.17) is 16.3 Å². The average Bonchev–Trinajstić information content (AvgIpc) is 2.28. The zero-order valence-corrected chi connectivity index (χ0v) is 10.4. The monoisotopic (exact) mass is 259 g/mol. The number of nitrogens with one attached hydrogen (secondary N) is 1. The number of nitrogens with zero attached hydrogens (tertiary/aromatic N) is 2. The normalized spacial score (nSPS) is 12.2. The van der Waals surface area contributed by atoms with Gasteiger partial charge in [0.25, 0.3) is 0 Å². The highest BCUT2D eigenvalue weighted by atomic mass is 35.5. The van der Waals surface area contributed by atoms with E-state index in [1.54, 1.807) is 7.11 Å².